The van der Waals surface area contributed by atoms with Gasteiger partial charge in [-0.25, -0.2) is 4.98 Å². The molecule has 0 spiro atoms. The van der Waals surface area contributed by atoms with E-state index in [9.17, 15) is 0 Å². The van der Waals surface area contributed by atoms with Crippen LogP contribution in [0.2, 0.25) is 0 Å². The number of fused-ring (bicyclic) bond motifs is 3. The van der Waals surface area contributed by atoms with Crippen LogP contribution in [-0.2, 0) is 42.7 Å². The number of para-hydroxylation sites is 1. The van der Waals surface area contributed by atoms with Crippen molar-refractivity contribution in [3.8, 4) is 28.7 Å². The third-order valence-corrected chi connectivity index (χ3v) is 12.7. The fourth-order valence-corrected chi connectivity index (χ4v) is 8.63. The van der Waals surface area contributed by atoms with Crippen molar-refractivity contribution in [3.05, 3.63) is 210 Å². The van der Waals surface area contributed by atoms with Crippen LogP contribution in [0, 0.1) is 18.5 Å². The van der Waals surface area contributed by atoms with Crippen LogP contribution in [0.4, 0.5) is 0 Å². The molecule has 0 fully saturated rings. The first-order valence-electron chi connectivity index (χ1n) is 22.0. The molecule has 3 heterocycles. The maximum Gasteiger partial charge on any atom is 0.267 e. The van der Waals surface area contributed by atoms with E-state index in [1.165, 1.54) is 22.3 Å². The summed E-state index contributed by atoms with van der Waals surface area (Å²) in [6, 6.07) is 58.9. The molecule has 9 aromatic rings. The van der Waals surface area contributed by atoms with Crippen molar-refractivity contribution in [1.29, 1.82) is 0 Å². The van der Waals surface area contributed by atoms with Gasteiger partial charge in [0.2, 0.25) is 0 Å². The molecule has 5 nitrogen and oxygen atoms in total. The second-order valence-electron chi connectivity index (χ2n) is 19.9. The number of hydrogen-bond acceptors (Lipinski definition) is 2. The molecule has 0 aliphatic carbocycles. The monoisotopic (exact) mass is 1020 g/mol. The molecular formula is C58H56N4OPt-2. The average Bonchev–Trinajstić information content (AvgIpc) is 3.87. The topological polar surface area (TPSA) is 35.9 Å². The molecular weight excluding hydrogens is 964 g/mol. The number of hydrogen-bond donors (Lipinski definition) is 0. The minimum atomic E-state index is -0.376. The molecule has 0 saturated carbocycles. The SMILES string of the molecule is CC(C)(C)c1cc(Oc2[c-]c3c(cc2)c2ccccc2n3-c2cc(C(C)(C)C)ccn2)[c-]c(-n2[c-][n+](-c3cccc(C(C)(C)c4ccccc4)c3)c(C(C)(C)c3ccccc3)c2)c1.[Pt]. The molecule has 0 aliphatic rings. The van der Waals surface area contributed by atoms with E-state index in [2.05, 4.69) is 247 Å². The van der Waals surface area contributed by atoms with Crippen molar-refractivity contribution in [3.63, 3.8) is 0 Å². The normalized spacial score (nSPS) is 12.4. The predicted octanol–water partition coefficient (Wildman–Crippen LogP) is 13.7. The number of imidazole rings is 1. The maximum atomic E-state index is 6.82. The van der Waals surface area contributed by atoms with Crippen LogP contribution in [-0.4, -0.2) is 14.1 Å². The second kappa shape index (κ2) is 16.8. The molecule has 9 rings (SSSR count). The van der Waals surface area contributed by atoms with Crippen molar-refractivity contribution < 1.29 is 30.4 Å². The predicted molar refractivity (Wildman–Crippen MR) is 257 cm³/mol. The van der Waals surface area contributed by atoms with Gasteiger partial charge in [0.15, 0.2) is 0 Å². The van der Waals surface area contributed by atoms with E-state index in [0.717, 1.165) is 50.3 Å². The molecule has 6 heteroatoms. The molecule has 3 aromatic heterocycles. The Balaban J connectivity index is 0.00000560. The molecule has 326 valence electrons. The minimum absolute atomic E-state index is 0. The van der Waals surface area contributed by atoms with Crippen LogP contribution in [0.15, 0.2) is 158 Å². The quantitative estimate of drug-likeness (QED) is 0.107. The summed E-state index contributed by atoms with van der Waals surface area (Å²) in [6.07, 6.45) is 7.90. The van der Waals surface area contributed by atoms with E-state index >= 15 is 0 Å². The number of ether oxygens (including phenoxy) is 1. The first kappa shape index (κ1) is 44.6. The van der Waals surface area contributed by atoms with Crippen LogP contribution in [0.3, 0.4) is 0 Å². The van der Waals surface area contributed by atoms with E-state index in [1.807, 2.05) is 12.3 Å². The number of benzene rings is 6. The molecule has 0 atom stereocenters. The zero-order valence-corrected chi connectivity index (χ0v) is 40.8. The summed E-state index contributed by atoms with van der Waals surface area (Å²) in [5.41, 5.74) is 10.2. The van der Waals surface area contributed by atoms with Crippen molar-refractivity contribution in [2.75, 3.05) is 0 Å². The zero-order chi connectivity index (χ0) is 44.3. The van der Waals surface area contributed by atoms with Gasteiger partial charge >= 0.3 is 0 Å². The average molecular weight is 1020 g/mol. The third kappa shape index (κ3) is 8.39. The van der Waals surface area contributed by atoms with Gasteiger partial charge in [-0.2, -0.15) is 17.7 Å². The molecule has 0 radical (unpaired) electrons. The smallest absolute Gasteiger partial charge is 0.267 e. The summed E-state index contributed by atoms with van der Waals surface area (Å²) < 4.78 is 13.3. The van der Waals surface area contributed by atoms with Crippen molar-refractivity contribution in [1.82, 2.24) is 14.1 Å². The summed E-state index contributed by atoms with van der Waals surface area (Å²) in [5.74, 6) is 2.06. The second-order valence-corrected chi connectivity index (χ2v) is 19.9. The van der Waals surface area contributed by atoms with Gasteiger partial charge in [-0.3, -0.25) is 4.57 Å². The van der Waals surface area contributed by atoms with Gasteiger partial charge in [0.05, 0.1) is 11.4 Å². The third-order valence-electron chi connectivity index (χ3n) is 12.7. The van der Waals surface area contributed by atoms with Gasteiger partial charge in [-0.1, -0.05) is 166 Å². The van der Waals surface area contributed by atoms with E-state index < -0.39 is 0 Å². The summed E-state index contributed by atoms with van der Waals surface area (Å²) in [7, 11) is 0. The molecule has 0 aliphatic heterocycles. The summed E-state index contributed by atoms with van der Waals surface area (Å²) in [4.78, 5) is 4.88. The number of rotatable bonds is 9. The van der Waals surface area contributed by atoms with Crippen LogP contribution in [0.1, 0.15) is 103 Å². The van der Waals surface area contributed by atoms with Crippen molar-refractivity contribution in [2.45, 2.75) is 90.9 Å². The first-order chi connectivity index (χ1) is 30.0. The van der Waals surface area contributed by atoms with Gasteiger partial charge in [0.25, 0.3) is 6.33 Å². The molecule has 0 saturated heterocycles. The Morgan fingerprint density at radius 2 is 1.17 bits per heavy atom. The number of pyridine rings is 1. The van der Waals surface area contributed by atoms with Gasteiger partial charge in [0, 0.05) is 61.3 Å². The van der Waals surface area contributed by atoms with Crippen LogP contribution >= 0.6 is 0 Å². The number of aromatic nitrogens is 4. The number of nitrogens with zero attached hydrogens (tertiary/aromatic N) is 4. The van der Waals surface area contributed by atoms with E-state index in [-0.39, 0.29) is 42.7 Å². The van der Waals surface area contributed by atoms with Crippen LogP contribution in [0.25, 0.3) is 39.0 Å². The van der Waals surface area contributed by atoms with Crippen LogP contribution in [0.5, 0.6) is 11.5 Å². The van der Waals surface area contributed by atoms with Gasteiger partial charge in [0.1, 0.15) is 5.82 Å². The van der Waals surface area contributed by atoms with E-state index in [0.29, 0.717) is 11.5 Å². The largest absolute Gasteiger partial charge is 0.510 e. The minimum Gasteiger partial charge on any atom is -0.510 e. The molecule has 0 N–H and O–H groups in total. The van der Waals surface area contributed by atoms with Crippen molar-refractivity contribution in [2.24, 2.45) is 0 Å². The fourth-order valence-electron chi connectivity index (χ4n) is 8.63. The van der Waals surface area contributed by atoms with Crippen molar-refractivity contribution >= 4 is 21.8 Å². The Labute approximate surface area is 393 Å². The molecule has 0 bridgehead atoms. The van der Waals surface area contributed by atoms with E-state index in [4.69, 9.17) is 9.72 Å². The Kier molecular flexibility index (Phi) is 11.7. The fraction of sp³-hybridized carbons (Fsp3) is 0.241. The van der Waals surface area contributed by atoms with Gasteiger partial charge in [-0.05, 0) is 74.5 Å². The Bertz CT molecular complexity index is 3110. The molecule has 6 aromatic carbocycles. The van der Waals surface area contributed by atoms with Gasteiger partial charge < -0.3 is 13.9 Å². The maximum absolute atomic E-state index is 6.82. The Morgan fingerprint density at radius 3 is 1.86 bits per heavy atom. The summed E-state index contributed by atoms with van der Waals surface area (Å²) in [5, 5.41) is 2.23. The standard InChI is InChI=1S/C58H56N4O.Pt/c1-55(2,3)42-30-31-59-54(35-42)62-51-27-18-17-26-49(51)50-29-28-47(37-52(50)62)63-48-34-44(56(4,5)6)33-46(36-48)60-38-53(58(9,10)41-22-15-12-16-23-41)61(39-60)45-25-19-24-43(32-45)57(7,8)40-20-13-11-14-21-40;/h11-35,38H,1-10H3;/q-2;. The Morgan fingerprint density at radius 1 is 0.531 bits per heavy atom. The summed E-state index contributed by atoms with van der Waals surface area (Å²) >= 11 is 0. The first-order valence-corrected chi connectivity index (χ1v) is 22.0. The Hall–Kier alpha value is -6.03. The molecule has 0 amide bonds. The van der Waals surface area contributed by atoms with E-state index in [1.54, 1.807) is 0 Å². The molecule has 64 heavy (non-hydrogen) atoms. The zero-order valence-electron chi connectivity index (χ0n) is 38.5. The molecule has 0 unspecified atom stereocenters. The van der Waals surface area contributed by atoms with Gasteiger partial charge in [-0.15, -0.1) is 29.7 Å². The van der Waals surface area contributed by atoms with Crippen LogP contribution < -0.4 is 9.30 Å². The summed E-state index contributed by atoms with van der Waals surface area (Å²) in [6.45, 7) is 22.5.